The molecule has 1 aromatic heterocycles. The molecule has 2 amide bonds. The fourth-order valence-corrected chi connectivity index (χ4v) is 4.86. The molecule has 2 aromatic carbocycles. The number of benzene rings is 2. The molecule has 2 N–H and O–H groups in total. The van der Waals surface area contributed by atoms with Crippen LogP contribution in [0.25, 0.3) is 0 Å². The third kappa shape index (κ3) is 6.57. The molecule has 186 valence electrons. The van der Waals surface area contributed by atoms with Crippen molar-refractivity contribution in [2.75, 3.05) is 11.1 Å². The van der Waals surface area contributed by atoms with Gasteiger partial charge in [0.15, 0.2) is 11.0 Å². The smallest absolute Gasteiger partial charge is 0.253 e. The number of rotatable bonds is 9. The summed E-state index contributed by atoms with van der Waals surface area (Å²) in [5.41, 5.74) is 3.30. The van der Waals surface area contributed by atoms with Crippen molar-refractivity contribution in [1.82, 2.24) is 20.1 Å². The maximum Gasteiger partial charge on any atom is 0.253 e. The van der Waals surface area contributed by atoms with Gasteiger partial charge in [0.1, 0.15) is 0 Å². The topological polar surface area (TPSA) is 88.9 Å². The quantitative estimate of drug-likeness (QED) is 0.325. The average molecular weight is 535 g/mol. The van der Waals surface area contributed by atoms with E-state index in [2.05, 4.69) is 20.8 Å². The van der Waals surface area contributed by atoms with Crippen LogP contribution in [0.5, 0.6) is 0 Å². The van der Waals surface area contributed by atoms with Gasteiger partial charge in [0.2, 0.25) is 5.91 Å². The molecule has 0 unspecified atom stereocenters. The Hall–Kier alpha value is -2.55. The highest BCUT2D eigenvalue weighted by Gasteiger charge is 2.27. The molecular weight excluding hydrogens is 505 g/mol. The van der Waals surface area contributed by atoms with Gasteiger partial charge >= 0.3 is 0 Å². The summed E-state index contributed by atoms with van der Waals surface area (Å²) in [5.74, 6) is 0.397. The molecule has 1 heterocycles. The summed E-state index contributed by atoms with van der Waals surface area (Å²) < 4.78 is 1.92. The molecule has 3 rings (SSSR count). The Morgan fingerprint density at radius 1 is 1.11 bits per heavy atom. The fourth-order valence-electron chi connectivity index (χ4n) is 3.56. The van der Waals surface area contributed by atoms with E-state index in [4.69, 9.17) is 23.2 Å². The highest BCUT2D eigenvalue weighted by Crippen LogP contribution is 2.27. The van der Waals surface area contributed by atoms with E-state index in [0.717, 1.165) is 16.8 Å². The van der Waals surface area contributed by atoms with Crippen molar-refractivity contribution in [3.8, 4) is 0 Å². The van der Waals surface area contributed by atoms with Crippen LogP contribution in [0, 0.1) is 19.8 Å². The Morgan fingerprint density at radius 2 is 1.86 bits per heavy atom. The van der Waals surface area contributed by atoms with E-state index in [1.165, 1.54) is 17.8 Å². The number of anilines is 1. The lowest BCUT2D eigenvalue weighted by Crippen LogP contribution is -2.34. The van der Waals surface area contributed by atoms with Crippen molar-refractivity contribution in [3.63, 3.8) is 0 Å². The van der Waals surface area contributed by atoms with E-state index in [0.29, 0.717) is 28.1 Å². The van der Waals surface area contributed by atoms with Crippen LogP contribution < -0.4 is 10.6 Å². The van der Waals surface area contributed by atoms with Gasteiger partial charge in [-0.05, 0) is 62.1 Å². The first-order valence-electron chi connectivity index (χ1n) is 11.3. The predicted molar refractivity (Wildman–Crippen MR) is 142 cm³/mol. The number of halogens is 2. The zero-order valence-corrected chi connectivity index (χ0v) is 22.7. The molecule has 0 saturated heterocycles. The number of nitrogens with zero attached hydrogens (tertiary/aromatic N) is 3. The highest BCUT2D eigenvalue weighted by atomic mass is 35.5. The van der Waals surface area contributed by atoms with E-state index in [9.17, 15) is 9.59 Å². The monoisotopic (exact) mass is 533 g/mol. The van der Waals surface area contributed by atoms with Crippen molar-refractivity contribution < 1.29 is 9.59 Å². The Kier molecular flexibility index (Phi) is 9.21. The molecular formula is C25H29Cl2N5O2S. The van der Waals surface area contributed by atoms with Crippen molar-refractivity contribution in [2.45, 2.75) is 52.4 Å². The standard InChI is InChI=1S/C25H29Cl2N5O2S/c1-6-32-23(22(14(2)3)29-24(34)18-11-10-17(26)12-19(18)27)30-31-25(32)35-13-21(33)28-20-9-7-8-15(4)16(20)5/h7-12,14,22H,6,13H2,1-5H3,(H,28,33)(H,29,34)/t22-/m0/s1. The average Bonchev–Trinajstić information content (AvgIpc) is 3.21. The molecule has 7 nitrogen and oxygen atoms in total. The Balaban J connectivity index is 1.74. The number of aromatic nitrogens is 3. The van der Waals surface area contributed by atoms with E-state index in [1.54, 1.807) is 12.1 Å². The first-order chi connectivity index (χ1) is 16.6. The Labute approximate surface area is 220 Å². The largest absolute Gasteiger partial charge is 0.342 e. The maximum absolute atomic E-state index is 13.0. The molecule has 0 aliphatic rings. The number of nitrogens with one attached hydrogen (secondary N) is 2. The minimum absolute atomic E-state index is 0.0324. The first kappa shape index (κ1) is 27.0. The van der Waals surface area contributed by atoms with Gasteiger partial charge in [0, 0.05) is 17.3 Å². The van der Waals surface area contributed by atoms with Crippen LogP contribution in [0.3, 0.4) is 0 Å². The van der Waals surface area contributed by atoms with Gasteiger partial charge < -0.3 is 15.2 Å². The van der Waals surface area contributed by atoms with E-state index in [1.807, 2.05) is 57.4 Å². The number of hydrogen-bond acceptors (Lipinski definition) is 5. The van der Waals surface area contributed by atoms with Gasteiger partial charge in [-0.15, -0.1) is 10.2 Å². The van der Waals surface area contributed by atoms with Gasteiger partial charge in [-0.3, -0.25) is 9.59 Å². The van der Waals surface area contributed by atoms with Crippen molar-refractivity contribution >= 4 is 52.5 Å². The zero-order chi connectivity index (χ0) is 25.7. The predicted octanol–water partition coefficient (Wildman–Crippen LogP) is 6.08. The molecule has 1 atom stereocenters. The van der Waals surface area contributed by atoms with Crippen molar-refractivity contribution in [2.24, 2.45) is 5.92 Å². The Bertz CT molecular complexity index is 1230. The second kappa shape index (κ2) is 11.9. The lowest BCUT2D eigenvalue weighted by molar-refractivity contribution is -0.113. The molecule has 0 aliphatic heterocycles. The minimum atomic E-state index is -0.403. The molecule has 0 saturated carbocycles. The number of amides is 2. The van der Waals surface area contributed by atoms with Crippen LogP contribution in [0.15, 0.2) is 41.6 Å². The highest BCUT2D eigenvalue weighted by molar-refractivity contribution is 7.99. The van der Waals surface area contributed by atoms with Crippen molar-refractivity contribution in [1.29, 1.82) is 0 Å². The molecule has 0 bridgehead atoms. The second-order valence-electron chi connectivity index (χ2n) is 8.49. The third-order valence-corrected chi connectivity index (χ3v) is 7.19. The summed E-state index contributed by atoms with van der Waals surface area (Å²) in [7, 11) is 0. The minimum Gasteiger partial charge on any atom is -0.342 e. The molecule has 0 fully saturated rings. The fraction of sp³-hybridized carbons (Fsp3) is 0.360. The van der Waals surface area contributed by atoms with Gasteiger partial charge in [-0.25, -0.2) is 0 Å². The maximum atomic E-state index is 13.0. The summed E-state index contributed by atoms with van der Waals surface area (Å²) in [6, 6.07) is 10.2. The van der Waals surface area contributed by atoms with Gasteiger partial charge in [-0.1, -0.05) is 60.9 Å². The molecule has 0 spiro atoms. The number of carbonyl (C=O) groups is 2. The number of aryl methyl sites for hydroxylation is 1. The normalized spacial score (nSPS) is 12.0. The van der Waals surface area contributed by atoms with Crippen LogP contribution in [0.2, 0.25) is 10.0 Å². The third-order valence-electron chi connectivity index (χ3n) is 5.68. The summed E-state index contributed by atoms with van der Waals surface area (Å²) in [4.78, 5) is 25.5. The zero-order valence-electron chi connectivity index (χ0n) is 20.4. The van der Waals surface area contributed by atoms with Gasteiger partial charge in [-0.2, -0.15) is 0 Å². The van der Waals surface area contributed by atoms with Gasteiger partial charge in [0.05, 0.1) is 22.4 Å². The number of thioether (sulfide) groups is 1. The van der Waals surface area contributed by atoms with Crippen LogP contribution in [-0.4, -0.2) is 32.3 Å². The van der Waals surface area contributed by atoms with E-state index < -0.39 is 6.04 Å². The lowest BCUT2D eigenvalue weighted by atomic mass is 10.0. The number of hydrogen-bond donors (Lipinski definition) is 2. The summed E-state index contributed by atoms with van der Waals surface area (Å²) in [6.45, 7) is 10.5. The SMILES string of the molecule is CCn1c(SCC(=O)Nc2cccc(C)c2C)nnc1[C@@H](NC(=O)c1ccc(Cl)cc1Cl)C(C)C. The number of carbonyl (C=O) groups excluding carboxylic acids is 2. The lowest BCUT2D eigenvalue weighted by Gasteiger charge is -2.22. The van der Waals surface area contributed by atoms with E-state index >= 15 is 0 Å². The Morgan fingerprint density at radius 3 is 2.51 bits per heavy atom. The first-order valence-corrected chi connectivity index (χ1v) is 13.0. The van der Waals surface area contributed by atoms with Crippen LogP contribution >= 0.6 is 35.0 Å². The van der Waals surface area contributed by atoms with Crippen LogP contribution in [0.4, 0.5) is 5.69 Å². The summed E-state index contributed by atoms with van der Waals surface area (Å²) in [5, 5.41) is 16.0. The van der Waals surface area contributed by atoms with Gasteiger partial charge in [0.25, 0.3) is 5.91 Å². The molecule has 10 heteroatoms. The molecule has 3 aromatic rings. The summed E-state index contributed by atoms with van der Waals surface area (Å²) >= 11 is 13.5. The van der Waals surface area contributed by atoms with Crippen LogP contribution in [-0.2, 0) is 11.3 Å². The second-order valence-corrected chi connectivity index (χ2v) is 10.3. The van der Waals surface area contributed by atoms with Crippen LogP contribution in [0.1, 0.15) is 54.1 Å². The molecule has 0 radical (unpaired) electrons. The van der Waals surface area contributed by atoms with Crippen molar-refractivity contribution in [3.05, 3.63) is 69.0 Å². The summed E-state index contributed by atoms with van der Waals surface area (Å²) in [6.07, 6.45) is 0. The van der Waals surface area contributed by atoms with E-state index in [-0.39, 0.29) is 28.5 Å². The molecule has 0 aliphatic carbocycles. The molecule has 35 heavy (non-hydrogen) atoms.